The Bertz CT molecular complexity index is 1090. The highest BCUT2D eigenvalue weighted by atomic mass is 32.2. The molecule has 0 unspecified atom stereocenters. The van der Waals surface area contributed by atoms with Crippen molar-refractivity contribution in [2.75, 3.05) is 0 Å². The normalized spacial score (nSPS) is 12.2. The van der Waals surface area contributed by atoms with Gasteiger partial charge in [0.25, 0.3) is 0 Å². The number of aromatic nitrogens is 3. The molecule has 1 N–H and O–H groups in total. The zero-order valence-corrected chi connectivity index (χ0v) is 14.6. The minimum absolute atomic E-state index is 0.0450. The van der Waals surface area contributed by atoms with Crippen molar-refractivity contribution in [3.63, 3.8) is 0 Å². The summed E-state index contributed by atoms with van der Waals surface area (Å²) < 4.78 is 35.6. The van der Waals surface area contributed by atoms with Crippen molar-refractivity contribution in [3.05, 3.63) is 45.7 Å². The fraction of sp³-hybridized carbons (Fsp3) is 0.333. The van der Waals surface area contributed by atoms with Gasteiger partial charge in [-0.05, 0) is 26.0 Å². The van der Waals surface area contributed by atoms with Gasteiger partial charge in [0.1, 0.15) is 0 Å². The first-order valence-electron chi connectivity index (χ1n) is 7.29. The molecule has 8 nitrogen and oxygen atoms in total. The molecule has 128 valence electrons. The lowest BCUT2D eigenvalue weighted by molar-refractivity contribution is 0.527. The minimum Gasteiger partial charge on any atom is -0.408 e. The van der Waals surface area contributed by atoms with E-state index in [0.717, 1.165) is 17.0 Å². The monoisotopic (exact) mass is 350 g/mol. The Morgan fingerprint density at radius 3 is 2.58 bits per heavy atom. The molecule has 0 aliphatic heterocycles. The van der Waals surface area contributed by atoms with Crippen LogP contribution in [0.1, 0.15) is 17.0 Å². The molecule has 3 rings (SSSR count). The Kier molecular flexibility index (Phi) is 3.84. The third-order valence-corrected chi connectivity index (χ3v) is 5.57. The van der Waals surface area contributed by atoms with Crippen molar-refractivity contribution in [1.82, 2.24) is 19.1 Å². The number of benzene rings is 1. The van der Waals surface area contributed by atoms with Gasteiger partial charge >= 0.3 is 5.76 Å². The van der Waals surface area contributed by atoms with Crippen molar-refractivity contribution in [3.8, 4) is 0 Å². The molecule has 2 aromatic heterocycles. The number of nitrogens with one attached hydrogen (secondary N) is 1. The topological polar surface area (TPSA) is 99.1 Å². The van der Waals surface area contributed by atoms with Gasteiger partial charge in [-0.15, -0.1) is 0 Å². The molecule has 0 aliphatic rings. The molecule has 0 bridgehead atoms. The van der Waals surface area contributed by atoms with Crippen LogP contribution in [0.2, 0.25) is 0 Å². The van der Waals surface area contributed by atoms with Crippen LogP contribution in [0, 0.1) is 13.8 Å². The zero-order chi connectivity index (χ0) is 17.6. The number of sulfonamides is 1. The lowest BCUT2D eigenvalue weighted by atomic mass is 10.2. The Hall–Kier alpha value is -2.39. The summed E-state index contributed by atoms with van der Waals surface area (Å²) in [4.78, 5) is 11.6. The van der Waals surface area contributed by atoms with Crippen molar-refractivity contribution >= 4 is 21.1 Å². The third kappa shape index (κ3) is 2.65. The summed E-state index contributed by atoms with van der Waals surface area (Å²) in [7, 11) is -0.361. The van der Waals surface area contributed by atoms with Gasteiger partial charge in [-0.1, -0.05) is 0 Å². The van der Waals surface area contributed by atoms with E-state index in [4.69, 9.17) is 4.42 Å². The van der Waals surface area contributed by atoms with E-state index in [1.807, 2.05) is 20.9 Å². The van der Waals surface area contributed by atoms with Gasteiger partial charge in [0.15, 0.2) is 5.58 Å². The van der Waals surface area contributed by atoms with Crippen molar-refractivity contribution < 1.29 is 12.8 Å². The van der Waals surface area contributed by atoms with Gasteiger partial charge in [0.05, 0.1) is 16.1 Å². The Morgan fingerprint density at radius 1 is 1.25 bits per heavy atom. The summed E-state index contributed by atoms with van der Waals surface area (Å²) in [6.45, 7) is 3.86. The van der Waals surface area contributed by atoms with Crippen LogP contribution in [0.25, 0.3) is 11.1 Å². The quantitative estimate of drug-likeness (QED) is 0.755. The summed E-state index contributed by atoms with van der Waals surface area (Å²) in [6, 6.07) is 4.35. The van der Waals surface area contributed by atoms with Crippen LogP contribution in [-0.2, 0) is 30.7 Å². The molecular formula is C15H18N4O4S. The van der Waals surface area contributed by atoms with E-state index in [2.05, 4.69) is 9.82 Å². The Labute approximate surface area is 138 Å². The van der Waals surface area contributed by atoms with Crippen LogP contribution < -0.4 is 10.5 Å². The molecule has 0 radical (unpaired) electrons. The predicted molar refractivity (Wildman–Crippen MR) is 88.2 cm³/mol. The van der Waals surface area contributed by atoms with Crippen molar-refractivity contribution in [2.45, 2.75) is 25.3 Å². The average molecular weight is 350 g/mol. The fourth-order valence-electron chi connectivity index (χ4n) is 2.61. The summed E-state index contributed by atoms with van der Waals surface area (Å²) in [6.07, 6.45) is 0. The van der Waals surface area contributed by atoms with Crippen molar-refractivity contribution in [2.24, 2.45) is 14.1 Å². The maximum Gasteiger partial charge on any atom is 0.419 e. The van der Waals surface area contributed by atoms with E-state index < -0.39 is 15.8 Å². The number of aryl methyl sites for hydroxylation is 3. The molecule has 24 heavy (non-hydrogen) atoms. The maximum atomic E-state index is 12.5. The van der Waals surface area contributed by atoms with E-state index in [-0.39, 0.29) is 17.0 Å². The standard InChI is InChI=1S/C15H18N4O4S/c1-9-12(10(2)19(4)17-9)8-16-24(21,22)11-5-6-13-14(7-11)23-15(20)18(13)3/h5-7,16H,8H2,1-4H3. The van der Waals surface area contributed by atoms with Crippen LogP contribution in [-0.4, -0.2) is 22.8 Å². The molecule has 0 saturated heterocycles. The van der Waals surface area contributed by atoms with Gasteiger partial charge in [0.2, 0.25) is 10.0 Å². The number of oxazole rings is 1. The first-order valence-corrected chi connectivity index (χ1v) is 8.77. The molecule has 2 heterocycles. The number of nitrogens with zero attached hydrogens (tertiary/aromatic N) is 3. The number of hydrogen-bond donors (Lipinski definition) is 1. The molecule has 0 saturated carbocycles. The predicted octanol–water partition coefficient (Wildman–Crippen LogP) is 0.960. The van der Waals surface area contributed by atoms with Crippen LogP contribution in [0.3, 0.4) is 0 Å². The second kappa shape index (κ2) is 5.60. The second-order valence-electron chi connectivity index (χ2n) is 5.65. The molecule has 0 fully saturated rings. The van der Waals surface area contributed by atoms with Gasteiger partial charge in [-0.3, -0.25) is 9.25 Å². The third-order valence-electron chi connectivity index (χ3n) is 4.17. The van der Waals surface area contributed by atoms with E-state index in [1.165, 1.54) is 16.7 Å². The Morgan fingerprint density at radius 2 is 1.96 bits per heavy atom. The molecule has 1 aromatic carbocycles. The van der Waals surface area contributed by atoms with Gasteiger partial charge in [-0.2, -0.15) is 5.10 Å². The second-order valence-corrected chi connectivity index (χ2v) is 7.42. The first-order chi connectivity index (χ1) is 11.2. The minimum atomic E-state index is -3.74. The van der Waals surface area contributed by atoms with Crippen molar-refractivity contribution in [1.29, 1.82) is 0 Å². The zero-order valence-electron chi connectivity index (χ0n) is 13.8. The number of hydrogen-bond acceptors (Lipinski definition) is 5. The van der Waals surface area contributed by atoms with E-state index in [9.17, 15) is 13.2 Å². The number of rotatable bonds is 4. The lowest BCUT2D eigenvalue weighted by Crippen LogP contribution is -2.23. The molecule has 0 spiro atoms. The molecule has 0 atom stereocenters. The fourth-order valence-corrected chi connectivity index (χ4v) is 3.62. The summed E-state index contributed by atoms with van der Waals surface area (Å²) in [5.74, 6) is -0.533. The van der Waals surface area contributed by atoms with Crippen LogP contribution in [0.4, 0.5) is 0 Å². The van der Waals surface area contributed by atoms with Gasteiger partial charge in [-0.25, -0.2) is 17.9 Å². The highest BCUT2D eigenvalue weighted by Gasteiger charge is 2.18. The number of fused-ring (bicyclic) bond motifs is 1. The molecular weight excluding hydrogens is 332 g/mol. The van der Waals surface area contributed by atoms with Crippen LogP contribution >= 0.6 is 0 Å². The average Bonchev–Trinajstić information content (AvgIpc) is 2.94. The highest BCUT2D eigenvalue weighted by molar-refractivity contribution is 7.89. The summed E-state index contributed by atoms with van der Waals surface area (Å²) >= 11 is 0. The highest BCUT2D eigenvalue weighted by Crippen LogP contribution is 2.19. The Balaban J connectivity index is 1.91. The van der Waals surface area contributed by atoms with E-state index in [0.29, 0.717) is 5.52 Å². The summed E-state index contributed by atoms with van der Waals surface area (Å²) in [5, 5.41) is 4.27. The molecule has 9 heteroatoms. The first kappa shape index (κ1) is 16.5. The van der Waals surface area contributed by atoms with Crippen LogP contribution in [0.15, 0.2) is 32.3 Å². The van der Waals surface area contributed by atoms with Gasteiger partial charge in [0, 0.05) is 38.0 Å². The lowest BCUT2D eigenvalue weighted by Gasteiger charge is -2.07. The van der Waals surface area contributed by atoms with Crippen LogP contribution in [0.5, 0.6) is 0 Å². The SMILES string of the molecule is Cc1nn(C)c(C)c1CNS(=O)(=O)c1ccc2c(c1)oc(=O)n2C. The van der Waals surface area contributed by atoms with E-state index >= 15 is 0 Å². The maximum absolute atomic E-state index is 12.5. The molecule has 0 aliphatic carbocycles. The largest absolute Gasteiger partial charge is 0.419 e. The smallest absolute Gasteiger partial charge is 0.408 e. The molecule has 0 amide bonds. The van der Waals surface area contributed by atoms with Gasteiger partial charge < -0.3 is 4.42 Å². The molecule has 3 aromatic rings. The van der Waals surface area contributed by atoms with E-state index in [1.54, 1.807) is 17.8 Å². The summed E-state index contributed by atoms with van der Waals surface area (Å²) in [5.41, 5.74) is 3.30.